The van der Waals surface area contributed by atoms with Crippen molar-refractivity contribution in [1.82, 2.24) is 20.2 Å². The topological polar surface area (TPSA) is 88.8 Å². The van der Waals surface area contributed by atoms with Crippen molar-refractivity contribution < 1.29 is 9.47 Å². The van der Waals surface area contributed by atoms with Gasteiger partial charge in [-0.2, -0.15) is 0 Å². The van der Waals surface area contributed by atoms with Crippen molar-refractivity contribution in [2.24, 2.45) is 5.73 Å². The Morgan fingerprint density at radius 2 is 1.85 bits per heavy atom. The summed E-state index contributed by atoms with van der Waals surface area (Å²) in [6.07, 6.45) is 2.39. The second kappa shape index (κ2) is 11.3. The number of rotatable bonds is 8. The molecule has 0 radical (unpaired) electrons. The summed E-state index contributed by atoms with van der Waals surface area (Å²) in [4.78, 5) is 13.6. The molecule has 8 nitrogen and oxygen atoms in total. The highest BCUT2D eigenvalue weighted by Crippen LogP contribution is 2.35. The lowest BCUT2D eigenvalue weighted by atomic mass is 10.1. The van der Waals surface area contributed by atoms with Crippen LogP contribution in [-0.2, 0) is 6.54 Å². The van der Waals surface area contributed by atoms with Gasteiger partial charge in [-0.15, -0.1) is 0 Å². The van der Waals surface area contributed by atoms with Crippen LogP contribution in [-0.4, -0.2) is 66.4 Å². The van der Waals surface area contributed by atoms with Gasteiger partial charge in [0.05, 0.1) is 19.2 Å². The quantitative estimate of drug-likeness (QED) is 0.373. The highest BCUT2D eigenvalue weighted by Gasteiger charge is 2.22. The van der Waals surface area contributed by atoms with Gasteiger partial charge in [-0.1, -0.05) is 29.8 Å². The fraction of sp³-hybridized carbons (Fsp3) is 0.400. The molecule has 2 aromatic carbocycles. The molecule has 0 saturated carbocycles. The summed E-state index contributed by atoms with van der Waals surface area (Å²) in [7, 11) is 1.64. The van der Waals surface area contributed by atoms with E-state index in [1.807, 2.05) is 12.1 Å². The zero-order valence-electron chi connectivity index (χ0n) is 19.8. The molecule has 1 aromatic heterocycles. The molecule has 1 aliphatic heterocycles. The first-order chi connectivity index (χ1) is 16.6. The highest BCUT2D eigenvalue weighted by atomic mass is 32.1. The van der Waals surface area contributed by atoms with Gasteiger partial charge in [-0.05, 0) is 43.7 Å². The van der Waals surface area contributed by atoms with Crippen LogP contribution in [0.4, 0.5) is 5.82 Å². The fourth-order valence-electron chi connectivity index (χ4n) is 3.96. The summed E-state index contributed by atoms with van der Waals surface area (Å²) in [5.41, 5.74) is 8.88. The van der Waals surface area contributed by atoms with E-state index in [0.717, 1.165) is 61.0 Å². The predicted molar refractivity (Wildman–Crippen MR) is 140 cm³/mol. The number of hydrogen-bond acceptors (Lipinski definition) is 7. The van der Waals surface area contributed by atoms with E-state index in [2.05, 4.69) is 56.3 Å². The van der Waals surface area contributed by atoms with Gasteiger partial charge in [0.15, 0.2) is 16.6 Å². The van der Waals surface area contributed by atoms with Gasteiger partial charge in [0.1, 0.15) is 12.1 Å². The van der Waals surface area contributed by atoms with E-state index >= 15 is 0 Å². The number of thiocarbonyl (C=S) groups is 1. The number of benzene rings is 2. The Kier molecular flexibility index (Phi) is 7.97. The minimum absolute atomic E-state index is 0.538. The maximum Gasteiger partial charge on any atom is 0.169 e. The van der Waals surface area contributed by atoms with Crippen LogP contribution in [0.15, 0.2) is 42.7 Å². The largest absolute Gasteiger partial charge is 0.493 e. The van der Waals surface area contributed by atoms with Gasteiger partial charge in [0, 0.05) is 44.2 Å². The zero-order valence-corrected chi connectivity index (χ0v) is 20.6. The molecular formula is C25H32N6O2S. The molecule has 180 valence electrons. The number of methoxy groups -OCH3 is 1. The number of fused-ring (bicyclic) bond motifs is 1. The minimum atomic E-state index is 0.538. The molecule has 1 fully saturated rings. The van der Waals surface area contributed by atoms with Crippen molar-refractivity contribution in [3.05, 3.63) is 53.9 Å². The van der Waals surface area contributed by atoms with Crippen LogP contribution in [0.3, 0.4) is 0 Å². The van der Waals surface area contributed by atoms with E-state index < -0.39 is 0 Å². The second-order valence-electron chi connectivity index (χ2n) is 8.33. The Bertz CT molecular complexity index is 1120. The van der Waals surface area contributed by atoms with Crippen LogP contribution in [0.5, 0.6) is 11.5 Å². The average Bonchev–Trinajstić information content (AvgIpc) is 2.87. The number of anilines is 1. The molecule has 3 aromatic rings. The maximum atomic E-state index is 5.86. The van der Waals surface area contributed by atoms with Crippen LogP contribution in [0.25, 0.3) is 10.9 Å². The van der Waals surface area contributed by atoms with Crippen LogP contribution < -0.4 is 25.4 Å². The Morgan fingerprint density at radius 3 is 2.56 bits per heavy atom. The predicted octanol–water partition coefficient (Wildman–Crippen LogP) is 2.87. The summed E-state index contributed by atoms with van der Waals surface area (Å²) >= 11 is 5.65. The first-order valence-corrected chi connectivity index (χ1v) is 12.0. The molecule has 0 atom stereocenters. The van der Waals surface area contributed by atoms with Gasteiger partial charge < -0.3 is 30.3 Å². The number of nitrogens with zero attached hydrogens (tertiary/aromatic N) is 4. The Balaban J connectivity index is 1.41. The Morgan fingerprint density at radius 1 is 1.09 bits per heavy atom. The number of aromatic nitrogens is 2. The third-order valence-corrected chi connectivity index (χ3v) is 6.34. The first-order valence-electron chi connectivity index (χ1n) is 11.6. The van der Waals surface area contributed by atoms with Gasteiger partial charge in [0.25, 0.3) is 0 Å². The molecule has 1 saturated heterocycles. The molecular weight excluding hydrogens is 448 g/mol. The number of piperazine rings is 1. The molecule has 34 heavy (non-hydrogen) atoms. The lowest BCUT2D eigenvalue weighted by molar-refractivity contribution is 0.292. The first kappa shape index (κ1) is 24.0. The standard InChI is InChI=1S/C25H32N6O2S/c1-18-4-6-19(7-5-18)16-27-25(34)31-11-9-30(10-12-31)24-20-14-22(32-2)23(33-13-3-8-26)15-21(20)28-17-29-24/h4-7,14-15,17H,3,8-13,16,26H2,1-2H3,(H,27,34). The van der Waals surface area contributed by atoms with Crippen LogP contribution in [0.2, 0.25) is 0 Å². The fourth-order valence-corrected chi connectivity index (χ4v) is 4.21. The van der Waals surface area contributed by atoms with E-state index in [-0.39, 0.29) is 0 Å². The lowest BCUT2D eigenvalue weighted by Gasteiger charge is -2.37. The number of ether oxygens (including phenoxy) is 2. The molecule has 9 heteroatoms. The van der Waals surface area contributed by atoms with E-state index in [1.54, 1.807) is 13.4 Å². The highest BCUT2D eigenvalue weighted by molar-refractivity contribution is 7.80. The maximum absolute atomic E-state index is 5.86. The van der Waals surface area contributed by atoms with Crippen LogP contribution >= 0.6 is 12.2 Å². The Hall–Kier alpha value is -3.17. The molecule has 0 spiro atoms. The smallest absolute Gasteiger partial charge is 0.169 e. The molecule has 4 rings (SSSR count). The van der Waals surface area contributed by atoms with Gasteiger partial charge in [-0.3, -0.25) is 0 Å². The molecule has 0 amide bonds. The van der Waals surface area contributed by atoms with Gasteiger partial charge in [-0.25, -0.2) is 9.97 Å². The van der Waals surface area contributed by atoms with Gasteiger partial charge >= 0.3 is 0 Å². The van der Waals surface area contributed by atoms with Crippen molar-refractivity contribution >= 4 is 34.1 Å². The summed E-state index contributed by atoms with van der Waals surface area (Å²) in [6.45, 7) is 7.21. The normalized spacial score (nSPS) is 13.7. The lowest BCUT2D eigenvalue weighted by Crippen LogP contribution is -2.51. The molecule has 2 heterocycles. The third kappa shape index (κ3) is 5.66. The Labute approximate surface area is 206 Å². The van der Waals surface area contributed by atoms with E-state index in [0.29, 0.717) is 24.7 Å². The summed E-state index contributed by atoms with van der Waals surface area (Å²) < 4.78 is 11.4. The summed E-state index contributed by atoms with van der Waals surface area (Å²) in [5.74, 6) is 2.23. The minimum Gasteiger partial charge on any atom is -0.493 e. The monoisotopic (exact) mass is 480 g/mol. The van der Waals surface area contributed by atoms with Crippen molar-refractivity contribution in [2.45, 2.75) is 19.9 Å². The van der Waals surface area contributed by atoms with Crippen LogP contribution in [0.1, 0.15) is 17.5 Å². The van der Waals surface area contributed by atoms with E-state index in [9.17, 15) is 0 Å². The van der Waals surface area contributed by atoms with Crippen LogP contribution in [0, 0.1) is 6.92 Å². The van der Waals surface area contributed by atoms with Crippen molar-refractivity contribution in [2.75, 3.05) is 51.3 Å². The van der Waals surface area contributed by atoms with Crippen molar-refractivity contribution in [1.29, 1.82) is 0 Å². The van der Waals surface area contributed by atoms with Crippen molar-refractivity contribution in [3.63, 3.8) is 0 Å². The van der Waals surface area contributed by atoms with Crippen molar-refractivity contribution in [3.8, 4) is 11.5 Å². The molecule has 1 aliphatic rings. The second-order valence-corrected chi connectivity index (χ2v) is 8.71. The SMILES string of the molecule is COc1cc2c(N3CCN(C(=S)NCc4ccc(C)cc4)CC3)ncnc2cc1OCCCN. The number of aryl methyl sites for hydroxylation is 1. The summed E-state index contributed by atoms with van der Waals surface area (Å²) in [6, 6.07) is 12.4. The van der Waals surface area contributed by atoms with E-state index in [4.69, 9.17) is 27.4 Å². The third-order valence-electron chi connectivity index (χ3n) is 5.94. The number of nitrogens with one attached hydrogen (secondary N) is 1. The average molecular weight is 481 g/mol. The van der Waals surface area contributed by atoms with E-state index in [1.165, 1.54) is 11.1 Å². The molecule has 0 unspecified atom stereocenters. The molecule has 3 N–H and O–H groups in total. The molecule has 0 bridgehead atoms. The summed E-state index contributed by atoms with van der Waals surface area (Å²) in [5, 5.41) is 5.12. The molecule has 0 aliphatic carbocycles. The number of hydrogen-bond donors (Lipinski definition) is 2. The zero-order chi connectivity index (χ0) is 23.9. The number of nitrogens with two attached hydrogens (primary N) is 1. The van der Waals surface area contributed by atoms with Gasteiger partial charge in [0.2, 0.25) is 0 Å².